The van der Waals surface area contributed by atoms with E-state index in [4.69, 9.17) is 0 Å². The third kappa shape index (κ3) is 1.82. The van der Waals surface area contributed by atoms with Crippen LogP contribution in [0.2, 0.25) is 0 Å². The molecule has 0 aromatic carbocycles. The van der Waals surface area contributed by atoms with Crippen molar-refractivity contribution in [2.24, 2.45) is 4.99 Å². The number of hydrogen-bond acceptors (Lipinski definition) is 5. The van der Waals surface area contributed by atoms with E-state index in [-0.39, 0.29) is 5.57 Å². The number of nitro groups is 1. The summed E-state index contributed by atoms with van der Waals surface area (Å²) < 4.78 is 4.32. The van der Waals surface area contributed by atoms with Crippen LogP contribution in [0.15, 0.2) is 16.6 Å². The highest BCUT2D eigenvalue weighted by atomic mass is 16.6. The van der Waals surface area contributed by atoms with E-state index in [1.54, 1.807) is 0 Å². The Morgan fingerprint density at radius 2 is 2.36 bits per heavy atom. The highest BCUT2D eigenvalue weighted by molar-refractivity contribution is 6.14. The number of nitrogens with zero attached hydrogens (tertiary/aromatic N) is 2. The minimum atomic E-state index is -1.59. The molecule has 1 atom stereocenters. The van der Waals surface area contributed by atoms with Gasteiger partial charge >= 0.3 is 17.9 Å². The van der Waals surface area contributed by atoms with Gasteiger partial charge in [0.25, 0.3) is 0 Å². The van der Waals surface area contributed by atoms with Gasteiger partial charge in [-0.2, -0.15) is 0 Å². The van der Waals surface area contributed by atoms with Gasteiger partial charge in [0.15, 0.2) is 0 Å². The zero-order valence-electron chi connectivity index (χ0n) is 7.17. The molecule has 1 unspecified atom stereocenters. The second-order valence-corrected chi connectivity index (χ2v) is 2.44. The molecular formula is C7H6N2O5. The SMILES string of the molecule is COC(=O)C1=CC([N+](=O)[O-])C(=O)N=C1. The van der Waals surface area contributed by atoms with Crippen LogP contribution < -0.4 is 0 Å². The topological polar surface area (TPSA) is 98.9 Å². The predicted molar refractivity (Wildman–Crippen MR) is 44.4 cm³/mol. The quantitative estimate of drug-likeness (QED) is 0.333. The van der Waals surface area contributed by atoms with Crippen molar-refractivity contribution in [2.75, 3.05) is 7.11 Å². The fourth-order valence-corrected chi connectivity index (χ4v) is 0.884. The molecule has 74 valence electrons. The number of carbonyl (C=O) groups is 2. The van der Waals surface area contributed by atoms with Gasteiger partial charge in [0.1, 0.15) is 0 Å². The molecule has 7 nitrogen and oxygen atoms in total. The van der Waals surface area contributed by atoms with E-state index in [1.807, 2.05) is 0 Å². The van der Waals surface area contributed by atoms with Crippen LogP contribution in [0, 0.1) is 10.1 Å². The average Bonchev–Trinajstić information content (AvgIpc) is 2.17. The van der Waals surface area contributed by atoms with Gasteiger partial charge in [-0.1, -0.05) is 0 Å². The third-order valence-electron chi connectivity index (χ3n) is 1.57. The van der Waals surface area contributed by atoms with E-state index >= 15 is 0 Å². The number of dihydropyridines is 1. The Morgan fingerprint density at radius 1 is 1.71 bits per heavy atom. The fourth-order valence-electron chi connectivity index (χ4n) is 0.884. The Morgan fingerprint density at radius 3 is 2.86 bits per heavy atom. The first-order valence-corrected chi connectivity index (χ1v) is 3.58. The largest absolute Gasteiger partial charge is 0.465 e. The average molecular weight is 198 g/mol. The first kappa shape index (κ1) is 10.0. The summed E-state index contributed by atoms with van der Waals surface area (Å²) in [5.74, 6) is -1.66. The zero-order chi connectivity index (χ0) is 10.7. The van der Waals surface area contributed by atoms with Gasteiger partial charge in [-0.3, -0.25) is 14.9 Å². The summed E-state index contributed by atoms with van der Waals surface area (Å²) in [7, 11) is 1.13. The molecular weight excluding hydrogens is 192 g/mol. The molecule has 1 rings (SSSR count). The van der Waals surface area contributed by atoms with Crippen LogP contribution in [-0.4, -0.2) is 36.2 Å². The molecule has 0 fully saturated rings. The summed E-state index contributed by atoms with van der Waals surface area (Å²) in [5.41, 5.74) is -0.0891. The predicted octanol–water partition coefficient (Wildman–Crippen LogP) is -0.658. The number of hydrogen-bond donors (Lipinski definition) is 0. The molecule has 0 aromatic heterocycles. The molecule has 7 heteroatoms. The van der Waals surface area contributed by atoms with Crippen LogP contribution in [0.4, 0.5) is 0 Å². The molecule has 0 N–H and O–H groups in total. The van der Waals surface area contributed by atoms with Crippen molar-refractivity contribution in [3.8, 4) is 0 Å². The minimum absolute atomic E-state index is 0.0891. The maximum Gasteiger partial charge on any atom is 0.339 e. The molecule has 0 radical (unpaired) electrons. The van der Waals surface area contributed by atoms with Gasteiger partial charge in [0.2, 0.25) is 0 Å². The number of rotatable bonds is 2. The lowest BCUT2D eigenvalue weighted by Crippen LogP contribution is -2.30. The Labute approximate surface area is 78.2 Å². The van der Waals surface area contributed by atoms with Crippen LogP contribution in [0.25, 0.3) is 0 Å². The molecule has 0 aliphatic carbocycles. The van der Waals surface area contributed by atoms with Crippen LogP contribution >= 0.6 is 0 Å². The zero-order valence-corrected chi connectivity index (χ0v) is 7.17. The number of methoxy groups -OCH3 is 1. The number of aliphatic imine (C=N–C) groups is 1. The summed E-state index contributed by atoms with van der Waals surface area (Å²) in [4.78, 5) is 34.5. The number of ether oxygens (including phenoxy) is 1. The van der Waals surface area contributed by atoms with Crippen molar-refractivity contribution in [2.45, 2.75) is 6.04 Å². The van der Waals surface area contributed by atoms with E-state index in [2.05, 4.69) is 9.73 Å². The van der Waals surface area contributed by atoms with Crippen molar-refractivity contribution < 1.29 is 19.2 Å². The van der Waals surface area contributed by atoms with Gasteiger partial charge in [-0.25, -0.2) is 9.79 Å². The summed E-state index contributed by atoms with van der Waals surface area (Å²) in [6.07, 6.45) is 1.87. The van der Waals surface area contributed by atoms with Gasteiger partial charge in [-0.15, -0.1) is 0 Å². The molecule has 0 saturated carbocycles. The normalized spacial score (nSPS) is 20.2. The van der Waals surface area contributed by atoms with Crippen molar-refractivity contribution >= 4 is 18.1 Å². The monoisotopic (exact) mass is 198 g/mol. The van der Waals surface area contributed by atoms with E-state index in [9.17, 15) is 19.7 Å². The molecule has 1 heterocycles. The highest BCUT2D eigenvalue weighted by Crippen LogP contribution is 2.07. The Balaban J connectivity index is 2.96. The molecule has 0 saturated heterocycles. The molecule has 1 aliphatic rings. The second-order valence-electron chi connectivity index (χ2n) is 2.44. The van der Waals surface area contributed by atoms with Crippen LogP contribution in [-0.2, 0) is 14.3 Å². The lowest BCUT2D eigenvalue weighted by atomic mass is 10.1. The summed E-state index contributed by atoms with van der Waals surface area (Å²) in [6.45, 7) is 0. The van der Waals surface area contributed by atoms with E-state index in [0.717, 1.165) is 19.4 Å². The lowest BCUT2D eigenvalue weighted by molar-refractivity contribution is -0.495. The van der Waals surface area contributed by atoms with Crippen LogP contribution in [0.5, 0.6) is 0 Å². The minimum Gasteiger partial charge on any atom is -0.465 e. The highest BCUT2D eigenvalue weighted by Gasteiger charge is 2.31. The second kappa shape index (κ2) is 3.77. The molecule has 0 spiro atoms. The van der Waals surface area contributed by atoms with E-state index < -0.39 is 22.8 Å². The first-order valence-electron chi connectivity index (χ1n) is 3.58. The van der Waals surface area contributed by atoms with Gasteiger partial charge in [-0.05, 0) is 0 Å². The summed E-state index contributed by atoms with van der Waals surface area (Å²) in [6, 6.07) is -1.59. The van der Waals surface area contributed by atoms with E-state index in [0.29, 0.717) is 0 Å². The van der Waals surface area contributed by atoms with Gasteiger partial charge in [0.05, 0.1) is 12.7 Å². The Kier molecular flexibility index (Phi) is 2.70. The molecule has 1 aliphatic heterocycles. The van der Waals surface area contributed by atoms with Crippen molar-refractivity contribution in [1.29, 1.82) is 0 Å². The number of esters is 1. The Hall–Kier alpha value is -2.05. The standard InChI is InChI=1S/C7H6N2O5/c1-14-7(11)4-2-5(9(12)13)6(10)8-3-4/h2-3,5H,1H3. The van der Waals surface area contributed by atoms with Crippen LogP contribution in [0.3, 0.4) is 0 Å². The third-order valence-corrected chi connectivity index (χ3v) is 1.57. The molecule has 14 heavy (non-hydrogen) atoms. The number of carbonyl (C=O) groups excluding carboxylic acids is 2. The van der Waals surface area contributed by atoms with Crippen molar-refractivity contribution in [1.82, 2.24) is 0 Å². The maximum absolute atomic E-state index is 10.9. The van der Waals surface area contributed by atoms with Crippen molar-refractivity contribution in [3.63, 3.8) is 0 Å². The molecule has 1 amide bonds. The summed E-state index contributed by atoms with van der Waals surface area (Å²) in [5, 5.41) is 10.3. The smallest absolute Gasteiger partial charge is 0.339 e. The molecule has 0 aromatic rings. The summed E-state index contributed by atoms with van der Waals surface area (Å²) >= 11 is 0. The van der Waals surface area contributed by atoms with E-state index in [1.165, 1.54) is 0 Å². The fraction of sp³-hybridized carbons (Fsp3) is 0.286. The van der Waals surface area contributed by atoms with Gasteiger partial charge in [0, 0.05) is 17.2 Å². The Bertz CT molecular complexity index is 357. The lowest BCUT2D eigenvalue weighted by Gasteiger charge is -2.06. The first-order chi connectivity index (χ1) is 6.56. The van der Waals surface area contributed by atoms with Crippen LogP contribution in [0.1, 0.15) is 0 Å². The number of amides is 1. The molecule has 0 bridgehead atoms. The van der Waals surface area contributed by atoms with Crippen molar-refractivity contribution in [3.05, 3.63) is 21.8 Å². The van der Waals surface area contributed by atoms with Gasteiger partial charge < -0.3 is 4.74 Å². The maximum atomic E-state index is 10.9.